The maximum atomic E-state index is 13.6. The Hall–Kier alpha value is -2.71. The Balaban J connectivity index is 2.23. The predicted molar refractivity (Wildman–Crippen MR) is 69.6 cm³/mol. The first-order valence-corrected chi connectivity index (χ1v) is 6.09. The summed E-state index contributed by atoms with van der Waals surface area (Å²) in [6.07, 6.45) is -4.87. The van der Waals surface area contributed by atoms with Crippen molar-refractivity contribution in [2.24, 2.45) is 0 Å². The second-order valence-corrected chi connectivity index (χ2v) is 4.63. The maximum Gasteiger partial charge on any atom is 0.438 e. The van der Waals surface area contributed by atoms with Crippen molar-refractivity contribution in [2.45, 2.75) is 13.1 Å². The number of fused-ring (bicyclic) bond motifs is 1. The van der Waals surface area contributed by atoms with E-state index in [1.165, 1.54) is 18.2 Å². The lowest BCUT2D eigenvalue weighted by molar-refractivity contribution is -0.142. The third-order valence-electron chi connectivity index (χ3n) is 3.03. The number of imidazole rings is 1. The Morgan fingerprint density at radius 2 is 1.86 bits per heavy atom. The van der Waals surface area contributed by atoms with Crippen LogP contribution in [0.5, 0.6) is 0 Å². The third kappa shape index (κ3) is 2.34. The van der Waals surface area contributed by atoms with Crippen LogP contribution in [-0.4, -0.2) is 19.9 Å². The van der Waals surface area contributed by atoms with Crippen LogP contribution >= 0.6 is 0 Å². The first kappa shape index (κ1) is 14.2. The lowest BCUT2D eigenvalue weighted by Crippen LogP contribution is -2.23. The fourth-order valence-electron chi connectivity index (χ4n) is 2.09. The zero-order valence-electron chi connectivity index (χ0n) is 11.0. The molecule has 0 aliphatic rings. The van der Waals surface area contributed by atoms with Gasteiger partial charge in [-0.1, -0.05) is 6.07 Å². The van der Waals surface area contributed by atoms with Gasteiger partial charge in [-0.3, -0.25) is 4.79 Å². The summed E-state index contributed by atoms with van der Waals surface area (Å²) >= 11 is 0. The lowest BCUT2D eigenvalue weighted by Gasteiger charge is -2.07. The number of nitrogens with zero attached hydrogens (tertiary/aromatic N) is 2. The molecule has 0 aliphatic heterocycles. The summed E-state index contributed by atoms with van der Waals surface area (Å²) in [5, 5.41) is 0. The van der Waals surface area contributed by atoms with E-state index >= 15 is 0 Å². The minimum atomic E-state index is -4.87. The molecule has 0 bridgehead atoms. The molecular weight excluding hydrogens is 304 g/mol. The number of H-pyrrole nitrogens is 2. The molecule has 9 heteroatoms. The van der Waals surface area contributed by atoms with Crippen LogP contribution in [0.3, 0.4) is 0 Å². The molecule has 22 heavy (non-hydrogen) atoms. The predicted octanol–water partition coefficient (Wildman–Crippen LogP) is 2.78. The highest BCUT2D eigenvalue weighted by Gasteiger charge is 2.36. The van der Waals surface area contributed by atoms with Gasteiger partial charge >= 0.3 is 6.18 Å². The minimum Gasteiger partial charge on any atom is -0.340 e. The van der Waals surface area contributed by atoms with E-state index in [9.17, 15) is 22.4 Å². The van der Waals surface area contributed by atoms with Gasteiger partial charge in [0.05, 0.1) is 11.0 Å². The van der Waals surface area contributed by atoms with Crippen LogP contribution in [0, 0.1) is 12.9 Å². The average Bonchev–Trinajstić information content (AvgIpc) is 2.75. The summed E-state index contributed by atoms with van der Waals surface area (Å²) < 4.78 is 51.8. The number of hydrogen-bond acceptors (Lipinski definition) is 3. The fraction of sp³-hybridized carbons (Fsp3) is 0.154. The Morgan fingerprint density at radius 3 is 2.45 bits per heavy atom. The monoisotopic (exact) mass is 312 g/mol. The number of alkyl halides is 3. The van der Waals surface area contributed by atoms with Gasteiger partial charge < -0.3 is 9.97 Å². The first-order chi connectivity index (χ1) is 10.3. The maximum absolute atomic E-state index is 13.6. The summed E-state index contributed by atoms with van der Waals surface area (Å²) in [6.45, 7) is 1.55. The number of hydrogen-bond donors (Lipinski definition) is 2. The van der Waals surface area contributed by atoms with Gasteiger partial charge in [0.2, 0.25) is 11.6 Å². The standard InChI is InChI=1S/C13H8F4N4O/c1-5-18-9(11(14)19-5)6-2-3-7-8(4-6)20-10(12(22)21-7)13(15,16)17/h2-4H,1H3,(H,18,19)(H,21,22). The molecule has 1 aromatic carbocycles. The van der Waals surface area contributed by atoms with E-state index in [1.54, 1.807) is 6.92 Å². The van der Waals surface area contributed by atoms with Crippen LogP contribution in [0.1, 0.15) is 11.5 Å². The summed E-state index contributed by atoms with van der Waals surface area (Å²) in [5.41, 5.74) is -2.52. The first-order valence-electron chi connectivity index (χ1n) is 6.09. The van der Waals surface area contributed by atoms with Crippen LogP contribution < -0.4 is 5.56 Å². The second kappa shape index (κ2) is 4.65. The van der Waals surface area contributed by atoms with Crippen molar-refractivity contribution in [1.82, 2.24) is 19.9 Å². The normalized spacial score (nSPS) is 12.0. The zero-order chi connectivity index (χ0) is 16.1. The molecule has 0 spiro atoms. The van der Waals surface area contributed by atoms with Gasteiger partial charge in [0.15, 0.2) is 0 Å². The van der Waals surface area contributed by atoms with Gasteiger partial charge in [-0.2, -0.15) is 17.6 Å². The average molecular weight is 312 g/mol. The number of rotatable bonds is 1. The van der Waals surface area contributed by atoms with E-state index in [1.807, 2.05) is 0 Å². The van der Waals surface area contributed by atoms with E-state index < -0.39 is 23.4 Å². The molecule has 0 saturated heterocycles. The number of nitrogens with one attached hydrogen (secondary N) is 2. The van der Waals surface area contributed by atoms with E-state index in [2.05, 4.69) is 19.9 Å². The van der Waals surface area contributed by atoms with Crippen molar-refractivity contribution >= 4 is 11.0 Å². The van der Waals surface area contributed by atoms with Crippen LogP contribution in [0.25, 0.3) is 22.3 Å². The molecule has 0 atom stereocenters. The number of aryl methyl sites for hydroxylation is 1. The molecule has 2 N–H and O–H groups in total. The molecular formula is C13H8F4N4O. The highest BCUT2D eigenvalue weighted by atomic mass is 19.4. The molecule has 0 fully saturated rings. The van der Waals surface area contributed by atoms with Gasteiger partial charge in [0.25, 0.3) is 5.56 Å². The molecule has 0 radical (unpaired) electrons. The van der Waals surface area contributed by atoms with Gasteiger partial charge in [0.1, 0.15) is 11.5 Å². The Morgan fingerprint density at radius 1 is 1.14 bits per heavy atom. The molecule has 0 amide bonds. The number of aromatic nitrogens is 4. The summed E-state index contributed by atoms with van der Waals surface area (Å²) in [7, 11) is 0. The van der Waals surface area contributed by atoms with E-state index in [0.717, 1.165) is 0 Å². The Labute approximate surface area is 120 Å². The smallest absolute Gasteiger partial charge is 0.340 e. The van der Waals surface area contributed by atoms with Gasteiger partial charge in [-0.15, -0.1) is 0 Å². The van der Waals surface area contributed by atoms with Crippen molar-refractivity contribution in [1.29, 1.82) is 0 Å². The Bertz CT molecular complexity index is 926. The van der Waals surface area contributed by atoms with Crippen molar-refractivity contribution in [2.75, 3.05) is 0 Å². The van der Waals surface area contributed by atoms with Crippen molar-refractivity contribution in [3.05, 3.63) is 46.0 Å². The molecule has 5 nitrogen and oxygen atoms in total. The molecule has 2 heterocycles. The van der Waals surface area contributed by atoms with E-state index in [-0.39, 0.29) is 22.3 Å². The molecule has 0 unspecified atom stereocenters. The van der Waals surface area contributed by atoms with E-state index in [0.29, 0.717) is 5.82 Å². The SMILES string of the molecule is Cc1nc(F)c(-c2ccc3[nH]c(=O)c(C(F)(F)F)nc3c2)[nH]1. The largest absolute Gasteiger partial charge is 0.438 e. The molecule has 3 aromatic rings. The second-order valence-electron chi connectivity index (χ2n) is 4.63. The quantitative estimate of drug-likeness (QED) is 0.679. The van der Waals surface area contributed by atoms with Crippen LogP contribution in [0.2, 0.25) is 0 Å². The van der Waals surface area contributed by atoms with Gasteiger partial charge in [-0.05, 0) is 19.1 Å². The van der Waals surface area contributed by atoms with Crippen LogP contribution in [0.4, 0.5) is 17.6 Å². The van der Waals surface area contributed by atoms with Gasteiger partial charge in [-0.25, -0.2) is 9.97 Å². The minimum absolute atomic E-state index is 0.0426. The topological polar surface area (TPSA) is 74.4 Å². The highest BCUT2D eigenvalue weighted by Crippen LogP contribution is 2.27. The molecule has 3 rings (SSSR count). The summed E-state index contributed by atoms with van der Waals surface area (Å²) in [6, 6.07) is 4.05. The van der Waals surface area contributed by atoms with Crippen molar-refractivity contribution < 1.29 is 17.6 Å². The van der Waals surface area contributed by atoms with Crippen LogP contribution in [-0.2, 0) is 6.18 Å². The third-order valence-corrected chi connectivity index (χ3v) is 3.03. The molecule has 2 aromatic heterocycles. The molecule has 0 aliphatic carbocycles. The number of aromatic amines is 2. The van der Waals surface area contributed by atoms with Crippen molar-refractivity contribution in [3.8, 4) is 11.3 Å². The fourth-order valence-corrected chi connectivity index (χ4v) is 2.09. The van der Waals surface area contributed by atoms with E-state index in [4.69, 9.17) is 0 Å². The highest BCUT2D eigenvalue weighted by molar-refractivity contribution is 5.80. The van der Waals surface area contributed by atoms with Crippen molar-refractivity contribution in [3.63, 3.8) is 0 Å². The van der Waals surface area contributed by atoms with Gasteiger partial charge in [0, 0.05) is 5.56 Å². The summed E-state index contributed by atoms with van der Waals surface area (Å²) in [4.78, 5) is 23.1. The zero-order valence-corrected chi connectivity index (χ0v) is 11.0. The Kier molecular flexibility index (Phi) is 3.01. The molecule has 114 valence electrons. The number of halogens is 4. The lowest BCUT2D eigenvalue weighted by atomic mass is 10.1. The van der Waals surface area contributed by atoms with Crippen LogP contribution in [0.15, 0.2) is 23.0 Å². The summed E-state index contributed by atoms with van der Waals surface area (Å²) in [5.74, 6) is -0.435. The molecule has 0 saturated carbocycles. The number of benzene rings is 1.